The van der Waals surface area contributed by atoms with Gasteiger partial charge in [-0.2, -0.15) is 22.9 Å². The van der Waals surface area contributed by atoms with E-state index in [4.69, 9.17) is 14.8 Å². The van der Waals surface area contributed by atoms with E-state index < -0.39 is 0 Å². The van der Waals surface area contributed by atoms with Crippen LogP contribution in [0.3, 0.4) is 0 Å². The molecule has 0 aliphatic carbocycles. The number of hydrogen-bond donors (Lipinski definition) is 0. The molecular formula is C60H61N5OPt-2. The van der Waals surface area contributed by atoms with Crippen LogP contribution in [0.25, 0.3) is 61.5 Å². The third-order valence-electron chi connectivity index (χ3n) is 12.6. The number of aromatic nitrogens is 5. The minimum absolute atomic E-state index is 0. The van der Waals surface area contributed by atoms with E-state index in [-0.39, 0.29) is 42.7 Å². The van der Waals surface area contributed by atoms with Gasteiger partial charge >= 0.3 is 0 Å². The van der Waals surface area contributed by atoms with E-state index in [2.05, 4.69) is 221 Å². The minimum Gasteiger partial charge on any atom is -0.510 e. The third-order valence-corrected chi connectivity index (χ3v) is 12.6. The van der Waals surface area contributed by atoms with Gasteiger partial charge in [0.1, 0.15) is 5.82 Å². The molecule has 7 heteroatoms. The van der Waals surface area contributed by atoms with Crippen molar-refractivity contribution in [3.8, 4) is 51.2 Å². The predicted molar refractivity (Wildman–Crippen MR) is 271 cm³/mol. The Labute approximate surface area is 412 Å². The van der Waals surface area contributed by atoms with Crippen molar-refractivity contribution < 1.29 is 30.4 Å². The number of pyridine rings is 1. The number of hydrogen-bond acceptors (Lipinski definition) is 3. The monoisotopic (exact) mass is 1060 g/mol. The van der Waals surface area contributed by atoms with E-state index in [0.717, 1.165) is 61.4 Å². The molecule has 0 aliphatic heterocycles. The van der Waals surface area contributed by atoms with Crippen molar-refractivity contribution >= 4 is 21.8 Å². The van der Waals surface area contributed by atoms with E-state index in [0.29, 0.717) is 17.2 Å². The molecule has 3 heterocycles. The average Bonchev–Trinajstić information content (AvgIpc) is 3.85. The zero-order valence-corrected chi connectivity index (χ0v) is 43.4. The molecule has 0 radical (unpaired) electrons. The van der Waals surface area contributed by atoms with Crippen molar-refractivity contribution in [3.05, 3.63) is 180 Å². The molecule has 0 N–H and O–H groups in total. The average molecular weight is 1060 g/mol. The Morgan fingerprint density at radius 3 is 1.88 bits per heavy atom. The van der Waals surface area contributed by atoms with Gasteiger partial charge in [0.2, 0.25) is 12.2 Å². The predicted octanol–water partition coefficient (Wildman–Crippen LogP) is 14.7. The second kappa shape index (κ2) is 17.5. The zero-order valence-electron chi connectivity index (χ0n) is 41.2. The molecule has 9 aromatic rings. The van der Waals surface area contributed by atoms with E-state index in [1.54, 1.807) is 4.68 Å². The molecule has 3 aromatic heterocycles. The molecule has 0 amide bonds. The number of ether oxygens (including phenoxy) is 1. The Balaban J connectivity index is 0.00000608. The maximum atomic E-state index is 6.69. The van der Waals surface area contributed by atoms with Gasteiger partial charge in [-0.3, -0.25) is 0 Å². The van der Waals surface area contributed by atoms with Gasteiger partial charge in [-0.1, -0.05) is 167 Å². The van der Waals surface area contributed by atoms with Crippen molar-refractivity contribution in [2.24, 2.45) is 0 Å². The molecule has 0 atom stereocenters. The third kappa shape index (κ3) is 9.43. The molecule has 0 saturated carbocycles. The SMILES string of the molecule is Cc1cccc(-c2ccccc2)c1-c1nn(-c2[c-]c(Oc3[c-]c4c(cc3)c3cc(C(C)(C)C)ccc3n4-c3cc(C(C)(C)C)ccn3)ccc2)[c-][n+]1-c1cc(C(C)(C)C)cc(C(C)(C)C)c1.[Pt]. The summed E-state index contributed by atoms with van der Waals surface area (Å²) in [6.07, 6.45) is 5.59. The fourth-order valence-electron chi connectivity index (χ4n) is 8.62. The number of benzene rings is 6. The summed E-state index contributed by atoms with van der Waals surface area (Å²) in [6, 6.07) is 52.3. The standard InChI is InChI=1S/C60H61N5O.Pt/c1-39-19-17-24-49(40-20-15-14-16-21-40)55(39)56-62-64(38-63(56)46-32-43(59(8,9)10)31-44(33-46)60(11,12)13)45-22-18-23-47(36-45)66-48-26-27-50-51-34-41(57(2,3)4)25-28-52(51)65(53(50)37-48)54-35-42(29-30-61-54)58(5,6)7;/h14-35H,1-13H3;/q-2;. The molecule has 0 unspecified atom stereocenters. The summed E-state index contributed by atoms with van der Waals surface area (Å²) in [5, 5.41) is 7.63. The van der Waals surface area contributed by atoms with Crippen LogP contribution in [0, 0.1) is 25.4 Å². The van der Waals surface area contributed by atoms with Crippen LogP contribution in [0.2, 0.25) is 0 Å². The number of aryl methyl sites for hydroxylation is 1. The number of rotatable bonds is 7. The molecule has 0 fully saturated rings. The van der Waals surface area contributed by atoms with Crippen LogP contribution in [-0.2, 0) is 42.7 Å². The second-order valence-corrected chi connectivity index (χ2v) is 21.9. The van der Waals surface area contributed by atoms with Crippen molar-refractivity contribution in [3.63, 3.8) is 0 Å². The van der Waals surface area contributed by atoms with E-state index in [9.17, 15) is 0 Å². The normalized spacial score (nSPS) is 12.4. The Morgan fingerprint density at radius 1 is 0.567 bits per heavy atom. The van der Waals surface area contributed by atoms with Crippen LogP contribution in [0.15, 0.2) is 134 Å². The topological polar surface area (TPSA) is 48.8 Å². The first kappa shape index (κ1) is 47.4. The van der Waals surface area contributed by atoms with Crippen LogP contribution in [0.4, 0.5) is 0 Å². The Hall–Kier alpha value is -6.10. The maximum Gasteiger partial charge on any atom is 0.232 e. The van der Waals surface area contributed by atoms with Gasteiger partial charge in [0.05, 0.1) is 0 Å². The van der Waals surface area contributed by atoms with Crippen LogP contribution in [-0.4, -0.2) is 19.3 Å². The van der Waals surface area contributed by atoms with Crippen molar-refractivity contribution in [1.82, 2.24) is 19.3 Å². The first-order valence-electron chi connectivity index (χ1n) is 23.1. The molecule has 0 spiro atoms. The Morgan fingerprint density at radius 2 is 1.21 bits per heavy atom. The maximum absolute atomic E-state index is 6.69. The van der Waals surface area contributed by atoms with Gasteiger partial charge < -0.3 is 13.9 Å². The fourth-order valence-corrected chi connectivity index (χ4v) is 8.62. The van der Waals surface area contributed by atoms with Gasteiger partial charge in [0, 0.05) is 55.5 Å². The van der Waals surface area contributed by atoms with Crippen LogP contribution in [0.5, 0.6) is 11.5 Å². The minimum atomic E-state index is -0.0826. The van der Waals surface area contributed by atoms with Crippen LogP contribution < -0.4 is 9.30 Å². The Bertz CT molecular complexity index is 3240. The molecule has 0 saturated heterocycles. The van der Waals surface area contributed by atoms with Crippen molar-refractivity contribution in [2.75, 3.05) is 0 Å². The molecular weight excluding hydrogens is 1000 g/mol. The summed E-state index contributed by atoms with van der Waals surface area (Å²) in [6.45, 7) is 29.2. The molecule has 9 rings (SSSR count). The summed E-state index contributed by atoms with van der Waals surface area (Å²) < 4.78 is 12.8. The van der Waals surface area contributed by atoms with E-state index in [1.165, 1.54) is 22.3 Å². The van der Waals surface area contributed by atoms with Gasteiger partial charge in [-0.15, -0.1) is 29.7 Å². The largest absolute Gasteiger partial charge is 0.510 e. The zero-order chi connectivity index (χ0) is 46.9. The second-order valence-electron chi connectivity index (χ2n) is 21.9. The van der Waals surface area contributed by atoms with Gasteiger partial charge in [-0.25, -0.2) is 4.98 Å². The number of nitrogens with zero attached hydrogens (tertiary/aromatic N) is 5. The summed E-state index contributed by atoms with van der Waals surface area (Å²) in [5.74, 6) is 2.74. The van der Waals surface area contributed by atoms with Crippen molar-refractivity contribution in [2.45, 2.75) is 112 Å². The Kier molecular flexibility index (Phi) is 12.4. The molecule has 0 aliphatic rings. The van der Waals surface area contributed by atoms with Gasteiger partial charge in [-0.05, 0) is 102 Å². The van der Waals surface area contributed by atoms with Gasteiger partial charge in [0.25, 0.3) is 0 Å². The van der Waals surface area contributed by atoms with E-state index >= 15 is 0 Å². The molecule has 6 nitrogen and oxygen atoms in total. The summed E-state index contributed by atoms with van der Waals surface area (Å²) in [4.78, 5) is 4.92. The van der Waals surface area contributed by atoms with E-state index in [1.807, 2.05) is 30.5 Å². The van der Waals surface area contributed by atoms with Crippen LogP contribution in [0.1, 0.15) is 111 Å². The first-order valence-corrected chi connectivity index (χ1v) is 23.1. The smallest absolute Gasteiger partial charge is 0.232 e. The summed E-state index contributed by atoms with van der Waals surface area (Å²) in [5.41, 5.74) is 12.8. The van der Waals surface area contributed by atoms with Crippen molar-refractivity contribution in [1.29, 1.82) is 0 Å². The first-order chi connectivity index (χ1) is 31.1. The summed E-state index contributed by atoms with van der Waals surface area (Å²) in [7, 11) is 0. The molecule has 344 valence electrons. The van der Waals surface area contributed by atoms with Crippen LogP contribution >= 0.6 is 0 Å². The fraction of sp³-hybridized carbons (Fsp3) is 0.283. The summed E-state index contributed by atoms with van der Waals surface area (Å²) >= 11 is 0. The molecule has 6 aromatic carbocycles. The molecule has 0 bridgehead atoms. The number of fused-ring (bicyclic) bond motifs is 3. The quantitative estimate of drug-likeness (QED) is 0.118. The van der Waals surface area contributed by atoms with Gasteiger partial charge in [0.15, 0.2) is 0 Å². The molecule has 67 heavy (non-hydrogen) atoms.